The summed E-state index contributed by atoms with van der Waals surface area (Å²) in [5.74, 6) is -0.825. The molecule has 0 fully saturated rings. The minimum atomic E-state index is -3.33. The van der Waals surface area contributed by atoms with Gasteiger partial charge in [-0.25, -0.2) is 8.42 Å². The largest absolute Gasteiger partial charge is 0.293 e. The van der Waals surface area contributed by atoms with Gasteiger partial charge in [-0.2, -0.15) is 0 Å². The Morgan fingerprint density at radius 2 is 1.89 bits per heavy atom. The molecule has 0 aliphatic heterocycles. The summed E-state index contributed by atoms with van der Waals surface area (Å²) >= 11 is 5.86. The average molecular weight is 289 g/mol. The van der Waals surface area contributed by atoms with E-state index < -0.39 is 21.4 Å². The lowest BCUT2D eigenvalue weighted by atomic mass is 10.1. The van der Waals surface area contributed by atoms with Crippen molar-refractivity contribution in [3.05, 3.63) is 34.9 Å². The molecule has 0 aliphatic rings. The fourth-order valence-electron chi connectivity index (χ4n) is 1.61. The molecule has 0 bridgehead atoms. The molecule has 100 valence electrons. The van der Waals surface area contributed by atoms with E-state index in [1.165, 1.54) is 0 Å². The zero-order valence-corrected chi connectivity index (χ0v) is 11.9. The van der Waals surface area contributed by atoms with Crippen LogP contribution >= 0.6 is 11.6 Å². The summed E-state index contributed by atoms with van der Waals surface area (Å²) < 4.78 is 23.5. The fourth-order valence-corrected chi connectivity index (χ4v) is 3.19. The van der Waals surface area contributed by atoms with E-state index in [1.54, 1.807) is 24.3 Å². The van der Waals surface area contributed by atoms with Crippen LogP contribution in [0.15, 0.2) is 24.3 Å². The predicted octanol–water partition coefficient (Wildman–Crippen LogP) is 3.13. The van der Waals surface area contributed by atoms with Gasteiger partial charge in [-0.05, 0) is 18.6 Å². The number of halogens is 1. The molecular formula is C13H17ClO3S. The number of ketones is 1. The lowest BCUT2D eigenvalue weighted by Crippen LogP contribution is -2.19. The van der Waals surface area contributed by atoms with Crippen LogP contribution in [0.2, 0.25) is 5.02 Å². The summed E-state index contributed by atoms with van der Waals surface area (Å²) in [6.07, 6.45) is 2.42. The molecule has 1 aromatic rings. The molecule has 0 saturated carbocycles. The molecular weight excluding hydrogens is 272 g/mol. The van der Waals surface area contributed by atoms with Crippen molar-refractivity contribution in [2.24, 2.45) is 0 Å². The molecule has 0 unspecified atom stereocenters. The quantitative estimate of drug-likeness (QED) is 0.572. The van der Waals surface area contributed by atoms with Crippen LogP contribution in [0, 0.1) is 0 Å². The maximum Gasteiger partial charge on any atom is 0.179 e. The topological polar surface area (TPSA) is 51.2 Å². The van der Waals surface area contributed by atoms with Crippen molar-refractivity contribution in [2.45, 2.75) is 26.2 Å². The molecule has 0 spiro atoms. The summed E-state index contributed by atoms with van der Waals surface area (Å²) in [5.41, 5.74) is 0.276. The van der Waals surface area contributed by atoms with Gasteiger partial charge in [-0.15, -0.1) is 0 Å². The van der Waals surface area contributed by atoms with Crippen molar-refractivity contribution in [3.8, 4) is 0 Å². The summed E-state index contributed by atoms with van der Waals surface area (Å²) in [6.45, 7) is 2.00. The highest BCUT2D eigenvalue weighted by Crippen LogP contribution is 2.16. The molecule has 1 rings (SSSR count). The van der Waals surface area contributed by atoms with Crippen molar-refractivity contribution in [2.75, 3.05) is 11.5 Å². The Hall–Kier alpha value is -0.870. The number of Topliss-reactive ketones (excluding diaryl/α,β-unsaturated/α-hetero) is 1. The summed E-state index contributed by atoms with van der Waals surface area (Å²) in [5, 5.41) is 0.297. The summed E-state index contributed by atoms with van der Waals surface area (Å²) in [7, 11) is -3.33. The van der Waals surface area contributed by atoms with Gasteiger partial charge >= 0.3 is 0 Å². The first-order chi connectivity index (χ1) is 8.46. The van der Waals surface area contributed by atoms with E-state index in [2.05, 4.69) is 0 Å². The fraction of sp³-hybridized carbons (Fsp3) is 0.462. The van der Waals surface area contributed by atoms with Crippen molar-refractivity contribution in [1.29, 1.82) is 0 Å². The number of hydrogen-bond acceptors (Lipinski definition) is 3. The van der Waals surface area contributed by atoms with Gasteiger partial charge < -0.3 is 0 Å². The highest BCUT2D eigenvalue weighted by atomic mass is 35.5. The smallest absolute Gasteiger partial charge is 0.179 e. The lowest BCUT2D eigenvalue weighted by Gasteiger charge is -2.05. The molecule has 0 aliphatic carbocycles. The molecule has 3 nitrogen and oxygen atoms in total. The van der Waals surface area contributed by atoms with Crippen LogP contribution in [0.4, 0.5) is 0 Å². The van der Waals surface area contributed by atoms with Crippen LogP contribution in [0.5, 0.6) is 0 Å². The first-order valence-corrected chi connectivity index (χ1v) is 8.14. The standard InChI is InChI=1S/C13H17ClO3S/c1-2-3-6-9-18(16,17)10-13(15)11-7-4-5-8-12(11)14/h4-5,7-8H,2-3,6,9-10H2,1H3. The van der Waals surface area contributed by atoms with Crippen LogP contribution < -0.4 is 0 Å². The Bertz CT molecular complexity index is 509. The summed E-state index contributed by atoms with van der Waals surface area (Å²) in [6, 6.07) is 6.50. The Balaban J connectivity index is 2.68. The zero-order chi connectivity index (χ0) is 13.6. The van der Waals surface area contributed by atoms with Gasteiger partial charge in [-0.1, -0.05) is 43.5 Å². The van der Waals surface area contributed by atoms with E-state index in [9.17, 15) is 13.2 Å². The zero-order valence-electron chi connectivity index (χ0n) is 10.4. The number of carbonyl (C=O) groups is 1. The monoisotopic (exact) mass is 288 g/mol. The Kier molecular flexibility index (Phi) is 5.82. The van der Waals surface area contributed by atoms with E-state index >= 15 is 0 Å². The van der Waals surface area contributed by atoms with Crippen LogP contribution in [-0.4, -0.2) is 25.7 Å². The number of rotatable bonds is 7. The molecule has 0 aromatic heterocycles. The predicted molar refractivity (Wildman–Crippen MR) is 74.0 cm³/mol. The maximum atomic E-state index is 11.9. The van der Waals surface area contributed by atoms with E-state index in [0.29, 0.717) is 11.4 Å². The van der Waals surface area contributed by atoms with E-state index in [0.717, 1.165) is 12.8 Å². The third-order valence-electron chi connectivity index (χ3n) is 2.58. The third-order valence-corrected chi connectivity index (χ3v) is 4.53. The average Bonchev–Trinajstić information content (AvgIpc) is 2.29. The van der Waals surface area contributed by atoms with Gasteiger partial charge in [0.1, 0.15) is 5.75 Å². The van der Waals surface area contributed by atoms with Crippen molar-refractivity contribution in [3.63, 3.8) is 0 Å². The number of carbonyl (C=O) groups excluding carboxylic acids is 1. The Labute approximate surface area is 113 Å². The number of hydrogen-bond donors (Lipinski definition) is 0. The van der Waals surface area contributed by atoms with Crippen LogP contribution in [0.25, 0.3) is 0 Å². The molecule has 0 atom stereocenters. The number of sulfone groups is 1. The van der Waals surface area contributed by atoms with Crippen molar-refractivity contribution >= 4 is 27.2 Å². The van der Waals surface area contributed by atoms with E-state index in [-0.39, 0.29) is 11.3 Å². The number of benzene rings is 1. The minimum absolute atomic E-state index is 0.0665. The molecule has 5 heteroatoms. The molecule has 0 amide bonds. The molecule has 0 heterocycles. The van der Waals surface area contributed by atoms with Gasteiger partial charge in [0.2, 0.25) is 0 Å². The normalized spacial score (nSPS) is 11.4. The second kappa shape index (κ2) is 6.90. The second-order valence-electron chi connectivity index (χ2n) is 4.20. The van der Waals surface area contributed by atoms with Gasteiger partial charge in [0.05, 0.1) is 10.8 Å². The highest BCUT2D eigenvalue weighted by Gasteiger charge is 2.19. The lowest BCUT2D eigenvalue weighted by molar-refractivity contribution is 0.102. The molecule has 0 radical (unpaired) electrons. The van der Waals surface area contributed by atoms with Gasteiger partial charge in [0, 0.05) is 5.56 Å². The van der Waals surface area contributed by atoms with Gasteiger partial charge in [-0.3, -0.25) is 4.79 Å². The molecule has 18 heavy (non-hydrogen) atoms. The van der Waals surface area contributed by atoms with Crippen LogP contribution in [-0.2, 0) is 9.84 Å². The van der Waals surface area contributed by atoms with E-state index in [1.807, 2.05) is 6.92 Å². The molecule has 0 saturated heterocycles. The first kappa shape index (κ1) is 15.2. The van der Waals surface area contributed by atoms with Gasteiger partial charge in [0.25, 0.3) is 0 Å². The van der Waals surface area contributed by atoms with Crippen LogP contribution in [0.1, 0.15) is 36.5 Å². The summed E-state index contributed by atoms with van der Waals surface area (Å²) in [4.78, 5) is 11.9. The Morgan fingerprint density at radius 1 is 1.22 bits per heavy atom. The maximum absolute atomic E-state index is 11.9. The van der Waals surface area contributed by atoms with E-state index in [4.69, 9.17) is 11.6 Å². The number of unbranched alkanes of at least 4 members (excludes halogenated alkanes) is 2. The van der Waals surface area contributed by atoms with Crippen molar-refractivity contribution in [1.82, 2.24) is 0 Å². The van der Waals surface area contributed by atoms with Gasteiger partial charge in [0.15, 0.2) is 15.6 Å². The minimum Gasteiger partial charge on any atom is -0.293 e. The highest BCUT2D eigenvalue weighted by molar-refractivity contribution is 7.92. The van der Waals surface area contributed by atoms with Crippen LogP contribution in [0.3, 0.4) is 0 Å². The molecule has 1 aromatic carbocycles. The SMILES string of the molecule is CCCCCS(=O)(=O)CC(=O)c1ccccc1Cl. The Morgan fingerprint density at radius 3 is 2.50 bits per heavy atom. The van der Waals surface area contributed by atoms with Crippen molar-refractivity contribution < 1.29 is 13.2 Å². The first-order valence-electron chi connectivity index (χ1n) is 5.94. The second-order valence-corrected chi connectivity index (χ2v) is 6.79. The molecule has 0 N–H and O–H groups in total. The third kappa shape index (κ3) is 4.78.